The van der Waals surface area contributed by atoms with Gasteiger partial charge in [-0.25, -0.2) is 4.39 Å². The maximum atomic E-state index is 13.5. The standard InChI is InChI=1S/C18H18FN3O3/c1-21-12-4-2-10(17(21)24)8-22(9-12)18(25)14-7-20-15-5-3-11(19)6-13(15)16(14)23/h3,5-7,10,12H,2,4,8-9H2,1H3,(H,20,23)/t10-,12+/m0/s1. The van der Waals surface area contributed by atoms with Gasteiger partial charge in [0.1, 0.15) is 11.4 Å². The second-order valence-corrected chi connectivity index (χ2v) is 6.81. The first-order valence-corrected chi connectivity index (χ1v) is 8.32. The molecule has 3 aliphatic heterocycles. The summed E-state index contributed by atoms with van der Waals surface area (Å²) in [5.74, 6) is -1.10. The van der Waals surface area contributed by atoms with Gasteiger partial charge in [-0.1, -0.05) is 0 Å². The van der Waals surface area contributed by atoms with Crippen LogP contribution in [0.1, 0.15) is 23.2 Å². The molecule has 2 bridgehead atoms. The van der Waals surface area contributed by atoms with E-state index < -0.39 is 17.2 Å². The Kier molecular flexibility index (Phi) is 3.59. The Morgan fingerprint density at radius 3 is 2.84 bits per heavy atom. The normalized spacial score (nSPS) is 23.2. The first kappa shape index (κ1) is 15.8. The van der Waals surface area contributed by atoms with E-state index in [1.54, 1.807) is 16.8 Å². The van der Waals surface area contributed by atoms with E-state index in [0.29, 0.717) is 18.6 Å². The van der Waals surface area contributed by atoms with Gasteiger partial charge in [-0.2, -0.15) is 0 Å². The summed E-state index contributed by atoms with van der Waals surface area (Å²) in [6.07, 6.45) is 3.00. The predicted molar refractivity (Wildman–Crippen MR) is 89.7 cm³/mol. The number of carbonyl (C=O) groups excluding carboxylic acids is 2. The number of hydrogen-bond acceptors (Lipinski definition) is 3. The number of amides is 2. The van der Waals surface area contributed by atoms with Crippen molar-refractivity contribution in [1.29, 1.82) is 0 Å². The third kappa shape index (κ3) is 2.50. The molecule has 0 radical (unpaired) electrons. The van der Waals surface area contributed by atoms with Crippen LogP contribution in [-0.4, -0.2) is 52.8 Å². The van der Waals surface area contributed by atoms with E-state index in [9.17, 15) is 18.8 Å². The fourth-order valence-corrected chi connectivity index (χ4v) is 3.84. The van der Waals surface area contributed by atoms with Crippen molar-refractivity contribution in [3.8, 4) is 0 Å². The first-order chi connectivity index (χ1) is 12.0. The van der Waals surface area contributed by atoms with Crippen molar-refractivity contribution in [3.05, 3.63) is 46.0 Å². The smallest absolute Gasteiger partial charge is 0.259 e. The molecule has 3 fully saturated rings. The molecule has 6 nitrogen and oxygen atoms in total. The van der Waals surface area contributed by atoms with Crippen molar-refractivity contribution < 1.29 is 14.0 Å². The molecule has 1 aromatic carbocycles. The van der Waals surface area contributed by atoms with E-state index in [4.69, 9.17) is 0 Å². The summed E-state index contributed by atoms with van der Waals surface area (Å²) in [4.78, 5) is 44.0. The molecule has 1 aromatic heterocycles. The minimum absolute atomic E-state index is 0.0190. The minimum Gasteiger partial charge on any atom is -0.360 e. The SMILES string of the molecule is CN1C(=O)[C@H]2CC[C@@H]1CN(C(=O)c1c[nH]c3ccc(F)cc3c1=O)C2. The third-order valence-electron chi connectivity index (χ3n) is 5.33. The Hall–Kier alpha value is -2.70. The zero-order valence-electron chi connectivity index (χ0n) is 13.8. The lowest BCUT2D eigenvalue weighted by atomic mass is 9.95. The van der Waals surface area contributed by atoms with Crippen LogP contribution in [0.2, 0.25) is 0 Å². The average molecular weight is 343 g/mol. The number of likely N-dealkylation sites (N-methyl/N-ethyl adjacent to an activating group) is 1. The molecule has 2 atom stereocenters. The molecule has 2 aromatic rings. The average Bonchev–Trinajstić information content (AvgIpc) is 2.89. The Morgan fingerprint density at radius 2 is 2.04 bits per heavy atom. The van der Waals surface area contributed by atoms with Crippen LogP contribution < -0.4 is 5.43 Å². The van der Waals surface area contributed by atoms with Crippen molar-refractivity contribution in [3.63, 3.8) is 0 Å². The van der Waals surface area contributed by atoms with E-state index >= 15 is 0 Å². The Morgan fingerprint density at radius 1 is 1.24 bits per heavy atom. The highest BCUT2D eigenvalue weighted by atomic mass is 19.1. The van der Waals surface area contributed by atoms with Gasteiger partial charge < -0.3 is 14.8 Å². The molecule has 0 saturated carbocycles. The Balaban J connectivity index is 1.72. The summed E-state index contributed by atoms with van der Waals surface area (Å²) in [6.45, 7) is 0.733. The van der Waals surface area contributed by atoms with Gasteiger partial charge in [0, 0.05) is 43.3 Å². The number of nitrogens with one attached hydrogen (secondary N) is 1. The lowest BCUT2D eigenvalue weighted by Crippen LogP contribution is -2.45. The molecule has 5 rings (SSSR count). The molecule has 4 heterocycles. The highest BCUT2D eigenvalue weighted by molar-refractivity contribution is 5.97. The van der Waals surface area contributed by atoms with E-state index in [1.165, 1.54) is 18.3 Å². The number of pyridine rings is 1. The molecule has 7 heteroatoms. The largest absolute Gasteiger partial charge is 0.360 e. The maximum absolute atomic E-state index is 13.5. The summed E-state index contributed by atoms with van der Waals surface area (Å²) >= 11 is 0. The van der Waals surface area contributed by atoms with Crippen LogP contribution in [0.25, 0.3) is 10.9 Å². The van der Waals surface area contributed by atoms with Crippen LogP contribution in [0.5, 0.6) is 0 Å². The van der Waals surface area contributed by atoms with Crippen LogP contribution in [0, 0.1) is 11.7 Å². The molecule has 2 amide bonds. The zero-order chi connectivity index (χ0) is 17.7. The molecule has 0 aliphatic carbocycles. The lowest BCUT2D eigenvalue weighted by molar-refractivity contribution is -0.138. The van der Waals surface area contributed by atoms with E-state index in [0.717, 1.165) is 18.9 Å². The van der Waals surface area contributed by atoms with Crippen molar-refractivity contribution >= 4 is 22.7 Å². The zero-order valence-corrected chi connectivity index (χ0v) is 13.8. The van der Waals surface area contributed by atoms with Gasteiger partial charge in [0.15, 0.2) is 0 Å². The maximum Gasteiger partial charge on any atom is 0.259 e. The Labute approximate surface area is 143 Å². The summed E-state index contributed by atoms with van der Waals surface area (Å²) in [6, 6.07) is 3.84. The molecule has 0 unspecified atom stereocenters. The van der Waals surface area contributed by atoms with E-state index in [1.807, 2.05) is 0 Å². The van der Waals surface area contributed by atoms with Crippen LogP contribution in [0.15, 0.2) is 29.2 Å². The van der Waals surface area contributed by atoms with Gasteiger partial charge in [-0.3, -0.25) is 14.4 Å². The van der Waals surface area contributed by atoms with Crippen molar-refractivity contribution in [2.24, 2.45) is 5.92 Å². The number of carbonyl (C=O) groups is 2. The first-order valence-electron chi connectivity index (χ1n) is 8.32. The number of aromatic amines is 1. The van der Waals surface area contributed by atoms with Crippen LogP contribution in [-0.2, 0) is 4.79 Å². The molecular weight excluding hydrogens is 325 g/mol. The third-order valence-corrected chi connectivity index (χ3v) is 5.33. The van der Waals surface area contributed by atoms with Crippen LogP contribution in [0.3, 0.4) is 0 Å². The highest BCUT2D eigenvalue weighted by Crippen LogP contribution is 2.28. The van der Waals surface area contributed by atoms with Gasteiger partial charge in [0.05, 0.1) is 5.92 Å². The summed E-state index contributed by atoms with van der Waals surface area (Å²) < 4.78 is 13.5. The second-order valence-electron chi connectivity index (χ2n) is 6.81. The number of aromatic nitrogens is 1. The summed E-state index contributed by atoms with van der Waals surface area (Å²) in [7, 11) is 1.76. The molecule has 130 valence electrons. The predicted octanol–water partition coefficient (Wildman–Crippen LogP) is 1.36. The number of hydrogen-bond donors (Lipinski definition) is 1. The number of fused-ring (bicyclic) bond motifs is 5. The number of piperidine rings is 1. The minimum atomic E-state index is -0.525. The number of H-pyrrole nitrogens is 1. The van der Waals surface area contributed by atoms with Crippen molar-refractivity contribution in [2.45, 2.75) is 18.9 Å². The van der Waals surface area contributed by atoms with Gasteiger partial charge in [-0.05, 0) is 31.0 Å². The fourth-order valence-electron chi connectivity index (χ4n) is 3.84. The van der Waals surface area contributed by atoms with E-state index in [-0.39, 0.29) is 28.8 Å². The monoisotopic (exact) mass is 343 g/mol. The highest BCUT2D eigenvalue weighted by Gasteiger charge is 2.40. The molecule has 0 spiro atoms. The molecule has 3 aliphatic rings. The molecule has 1 N–H and O–H groups in total. The molecule has 3 saturated heterocycles. The van der Waals surface area contributed by atoms with Crippen LogP contribution >= 0.6 is 0 Å². The van der Waals surface area contributed by atoms with Gasteiger partial charge in [0.2, 0.25) is 11.3 Å². The van der Waals surface area contributed by atoms with Gasteiger partial charge in [-0.15, -0.1) is 0 Å². The summed E-state index contributed by atoms with van der Waals surface area (Å²) in [5.41, 5.74) is -0.0298. The number of rotatable bonds is 1. The van der Waals surface area contributed by atoms with Gasteiger partial charge >= 0.3 is 0 Å². The van der Waals surface area contributed by atoms with Crippen LogP contribution in [0.4, 0.5) is 4.39 Å². The summed E-state index contributed by atoms with van der Waals surface area (Å²) in [5, 5.41) is 0.150. The Bertz CT molecular complexity index is 939. The van der Waals surface area contributed by atoms with E-state index in [2.05, 4.69) is 4.98 Å². The van der Waals surface area contributed by atoms with Crippen molar-refractivity contribution in [1.82, 2.24) is 14.8 Å². The molecule has 25 heavy (non-hydrogen) atoms. The van der Waals surface area contributed by atoms with Crippen molar-refractivity contribution in [2.75, 3.05) is 20.1 Å². The fraction of sp³-hybridized carbons (Fsp3) is 0.389. The lowest BCUT2D eigenvalue weighted by Gasteiger charge is -2.32. The quantitative estimate of drug-likeness (QED) is 0.850. The number of nitrogens with zero attached hydrogens (tertiary/aromatic N) is 2. The second kappa shape index (κ2) is 5.68. The molecular formula is C18H18FN3O3. The number of benzene rings is 1. The van der Waals surface area contributed by atoms with Gasteiger partial charge in [0.25, 0.3) is 5.91 Å². The topological polar surface area (TPSA) is 73.5 Å². The number of halogens is 1.